The van der Waals surface area contributed by atoms with Gasteiger partial charge in [-0.05, 0) is 12.1 Å². The summed E-state index contributed by atoms with van der Waals surface area (Å²) < 4.78 is 3.87. The molecule has 19 heavy (non-hydrogen) atoms. The minimum Gasteiger partial charge on any atom is -0.331 e. The molecule has 0 aliphatic carbocycles. The van der Waals surface area contributed by atoms with Gasteiger partial charge in [-0.3, -0.25) is 4.68 Å². The zero-order valence-corrected chi connectivity index (χ0v) is 11.1. The Balaban J connectivity index is 1.91. The highest BCUT2D eigenvalue weighted by molar-refractivity contribution is 5.75. The van der Waals surface area contributed by atoms with Crippen molar-refractivity contribution in [2.45, 2.75) is 12.5 Å². The minimum absolute atomic E-state index is 0.0794. The molecular weight excluding hydrogens is 238 g/mol. The standard InChI is InChI=1S/C14H17N5/c1-18-9-10(8-16-18)11(15)7-14-17-12-5-3-4-6-13(12)19(14)2/h3-6,8-9,11H,7,15H2,1-2H3. The van der Waals surface area contributed by atoms with Gasteiger partial charge in [0, 0.05) is 38.3 Å². The largest absolute Gasteiger partial charge is 0.331 e. The fraction of sp³-hybridized carbons (Fsp3) is 0.286. The molecule has 1 atom stereocenters. The van der Waals surface area contributed by atoms with Crippen molar-refractivity contribution in [1.29, 1.82) is 0 Å². The second-order valence-corrected chi connectivity index (χ2v) is 4.83. The topological polar surface area (TPSA) is 61.7 Å². The van der Waals surface area contributed by atoms with Gasteiger partial charge < -0.3 is 10.3 Å². The number of fused-ring (bicyclic) bond motifs is 1. The molecule has 0 bridgehead atoms. The lowest BCUT2D eigenvalue weighted by Crippen LogP contribution is -2.15. The van der Waals surface area contributed by atoms with E-state index < -0.39 is 0 Å². The summed E-state index contributed by atoms with van der Waals surface area (Å²) in [6.45, 7) is 0. The summed E-state index contributed by atoms with van der Waals surface area (Å²) >= 11 is 0. The number of imidazole rings is 1. The maximum Gasteiger partial charge on any atom is 0.111 e. The Morgan fingerprint density at radius 1 is 1.26 bits per heavy atom. The summed E-state index contributed by atoms with van der Waals surface area (Å²) in [5, 5.41) is 4.15. The third kappa shape index (κ3) is 2.13. The van der Waals surface area contributed by atoms with E-state index in [0.717, 1.165) is 22.4 Å². The lowest BCUT2D eigenvalue weighted by molar-refractivity contribution is 0.663. The van der Waals surface area contributed by atoms with Gasteiger partial charge >= 0.3 is 0 Å². The lowest BCUT2D eigenvalue weighted by atomic mass is 10.1. The Morgan fingerprint density at radius 2 is 2.05 bits per heavy atom. The predicted molar refractivity (Wildman–Crippen MR) is 74.6 cm³/mol. The number of aromatic nitrogens is 4. The van der Waals surface area contributed by atoms with Crippen LogP contribution in [0.25, 0.3) is 11.0 Å². The average Bonchev–Trinajstić information content (AvgIpc) is 2.96. The molecule has 0 radical (unpaired) electrons. The normalized spacial score (nSPS) is 13.0. The van der Waals surface area contributed by atoms with Crippen LogP contribution in [-0.2, 0) is 20.5 Å². The number of nitrogens with zero attached hydrogens (tertiary/aromatic N) is 4. The molecule has 5 heteroatoms. The molecular formula is C14H17N5. The van der Waals surface area contributed by atoms with Crippen LogP contribution in [-0.4, -0.2) is 19.3 Å². The predicted octanol–water partition coefficient (Wildman–Crippen LogP) is 1.55. The van der Waals surface area contributed by atoms with Gasteiger partial charge in [0.25, 0.3) is 0 Å². The fourth-order valence-corrected chi connectivity index (χ4v) is 2.32. The number of para-hydroxylation sites is 2. The number of hydrogen-bond acceptors (Lipinski definition) is 3. The van der Waals surface area contributed by atoms with Crippen LogP contribution < -0.4 is 5.73 Å². The van der Waals surface area contributed by atoms with Crippen LogP contribution in [0.5, 0.6) is 0 Å². The first-order valence-corrected chi connectivity index (χ1v) is 6.29. The molecule has 2 N–H and O–H groups in total. The fourth-order valence-electron chi connectivity index (χ4n) is 2.32. The van der Waals surface area contributed by atoms with E-state index >= 15 is 0 Å². The van der Waals surface area contributed by atoms with Gasteiger partial charge in [-0.25, -0.2) is 4.98 Å². The minimum atomic E-state index is -0.0794. The van der Waals surface area contributed by atoms with E-state index in [4.69, 9.17) is 5.73 Å². The second kappa shape index (κ2) is 4.51. The van der Waals surface area contributed by atoms with Gasteiger partial charge in [0.05, 0.1) is 17.2 Å². The molecule has 5 nitrogen and oxygen atoms in total. The van der Waals surface area contributed by atoms with Crippen LogP contribution in [0.2, 0.25) is 0 Å². The molecule has 0 aliphatic heterocycles. The van der Waals surface area contributed by atoms with Gasteiger partial charge in [0.1, 0.15) is 5.82 Å². The lowest BCUT2D eigenvalue weighted by Gasteiger charge is -2.09. The third-order valence-electron chi connectivity index (χ3n) is 3.44. The van der Waals surface area contributed by atoms with E-state index in [0.29, 0.717) is 6.42 Å². The number of rotatable bonds is 3. The van der Waals surface area contributed by atoms with E-state index in [-0.39, 0.29) is 6.04 Å². The molecule has 0 saturated heterocycles. The Kier molecular flexibility index (Phi) is 2.83. The smallest absolute Gasteiger partial charge is 0.111 e. The Labute approximate surface area is 111 Å². The first-order chi connectivity index (χ1) is 9.15. The van der Waals surface area contributed by atoms with Crippen molar-refractivity contribution in [3.63, 3.8) is 0 Å². The number of nitrogens with two attached hydrogens (primary N) is 1. The van der Waals surface area contributed by atoms with E-state index in [2.05, 4.69) is 20.7 Å². The van der Waals surface area contributed by atoms with Crippen LogP contribution in [0, 0.1) is 0 Å². The highest BCUT2D eigenvalue weighted by atomic mass is 15.2. The first kappa shape index (κ1) is 11.9. The first-order valence-electron chi connectivity index (χ1n) is 6.29. The highest BCUT2D eigenvalue weighted by Gasteiger charge is 2.14. The molecule has 1 unspecified atom stereocenters. The van der Waals surface area contributed by atoms with Gasteiger partial charge in [-0.2, -0.15) is 5.10 Å². The van der Waals surface area contributed by atoms with Crippen molar-refractivity contribution in [2.24, 2.45) is 19.8 Å². The van der Waals surface area contributed by atoms with Crippen LogP contribution in [0.4, 0.5) is 0 Å². The molecule has 1 aromatic carbocycles. The molecule has 0 aliphatic rings. The van der Waals surface area contributed by atoms with Crippen molar-refractivity contribution < 1.29 is 0 Å². The summed E-state index contributed by atoms with van der Waals surface area (Å²) in [5.41, 5.74) is 9.41. The molecule has 3 aromatic rings. The van der Waals surface area contributed by atoms with Crippen LogP contribution in [0.3, 0.4) is 0 Å². The van der Waals surface area contributed by atoms with Gasteiger partial charge in [-0.15, -0.1) is 0 Å². The van der Waals surface area contributed by atoms with Crippen LogP contribution in [0.15, 0.2) is 36.7 Å². The average molecular weight is 255 g/mol. The van der Waals surface area contributed by atoms with Crippen molar-refractivity contribution >= 4 is 11.0 Å². The van der Waals surface area contributed by atoms with E-state index in [1.54, 1.807) is 4.68 Å². The van der Waals surface area contributed by atoms with Gasteiger partial charge in [0.15, 0.2) is 0 Å². The highest BCUT2D eigenvalue weighted by Crippen LogP contribution is 2.19. The Bertz CT molecular complexity index is 710. The maximum atomic E-state index is 6.22. The summed E-state index contributed by atoms with van der Waals surface area (Å²) in [7, 11) is 3.92. The molecule has 98 valence electrons. The zero-order chi connectivity index (χ0) is 13.4. The third-order valence-corrected chi connectivity index (χ3v) is 3.44. The van der Waals surface area contributed by atoms with Crippen LogP contribution >= 0.6 is 0 Å². The summed E-state index contributed by atoms with van der Waals surface area (Å²) in [6.07, 6.45) is 4.47. The summed E-state index contributed by atoms with van der Waals surface area (Å²) in [6, 6.07) is 8.04. The van der Waals surface area contributed by atoms with Crippen molar-refractivity contribution in [3.8, 4) is 0 Å². The molecule has 3 rings (SSSR count). The molecule has 0 saturated carbocycles. The summed E-state index contributed by atoms with van der Waals surface area (Å²) in [4.78, 5) is 4.64. The van der Waals surface area contributed by atoms with Gasteiger partial charge in [-0.1, -0.05) is 12.1 Å². The van der Waals surface area contributed by atoms with Crippen LogP contribution in [0.1, 0.15) is 17.4 Å². The second-order valence-electron chi connectivity index (χ2n) is 4.83. The Morgan fingerprint density at radius 3 is 2.74 bits per heavy atom. The molecule has 2 heterocycles. The van der Waals surface area contributed by atoms with Crippen molar-refractivity contribution in [3.05, 3.63) is 48.0 Å². The van der Waals surface area contributed by atoms with E-state index in [1.165, 1.54) is 0 Å². The molecule has 0 spiro atoms. The van der Waals surface area contributed by atoms with Gasteiger partial charge in [0.2, 0.25) is 0 Å². The quantitative estimate of drug-likeness (QED) is 0.772. The molecule has 0 fully saturated rings. The van der Waals surface area contributed by atoms with Crippen molar-refractivity contribution in [2.75, 3.05) is 0 Å². The monoisotopic (exact) mass is 255 g/mol. The summed E-state index contributed by atoms with van der Waals surface area (Å²) in [5.74, 6) is 0.998. The van der Waals surface area contributed by atoms with E-state index in [1.807, 2.05) is 44.7 Å². The van der Waals surface area contributed by atoms with E-state index in [9.17, 15) is 0 Å². The molecule has 0 amide bonds. The van der Waals surface area contributed by atoms with Crippen molar-refractivity contribution in [1.82, 2.24) is 19.3 Å². The number of benzene rings is 1. The Hall–Kier alpha value is -2.14. The zero-order valence-electron chi connectivity index (χ0n) is 11.1. The SMILES string of the molecule is Cn1cc(C(N)Cc2nc3ccccc3n2C)cn1. The molecule has 2 aromatic heterocycles. The number of hydrogen-bond donors (Lipinski definition) is 1. The number of aryl methyl sites for hydroxylation is 2. The maximum absolute atomic E-state index is 6.22.